The van der Waals surface area contributed by atoms with Crippen LogP contribution in [0.1, 0.15) is 19.8 Å². The van der Waals surface area contributed by atoms with E-state index in [2.05, 4.69) is 32.0 Å². The lowest BCUT2D eigenvalue weighted by Crippen LogP contribution is -2.50. The molecule has 18 heavy (non-hydrogen) atoms. The number of piperazine rings is 1. The minimum Gasteiger partial charge on any atom is -0.370 e. The zero-order chi connectivity index (χ0) is 12.4. The first-order chi connectivity index (χ1) is 8.86. The predicted molar refractivity (Wildman–Crippen MR) is 73.0 cm³/mol. The van der Waals surface area contributed by atoms with Crippen LogP contribution in [0.3, 0.4) is 0 Å². The van der Waals surface area contributed by atoms with Crippen LogP contribution in [0.15, 0.2) is 12.3 Å². The summed E-state index contributed by atoms with van der Waals surface area (Å²) in [5.41, 5.74) is 0. The summed E-state index contributed by atoms with van der Waals surface area (Å²) in [6.07, 6.45) is 4.52. The molecule has 1 aromatic rings. The van der Waals surface area contributed by atoms with E-state index >= 15 is 0 Å². The van der Waals surface area contributed by atoms with Gasteiger partial charge in [0.15, 0.2) is 0 Å². The van der Waals surface area contributed by atoms with E-state index in [1.165, 1.54) is 19.4 Å². The monoisotopic (exact) mass is 247 g/mol. The molecule has 1 aromatic heterocycles. The van der Waals surface area contributed by atoms with Gasteiger partial charge in [-0.2, -0.15) is 4.98 Å². The van der Waals surface area contributed by atoms with Crippen LogP contribution >= 0.6 is 0 Å². The van der Waals surface area contributed by atoms with Crippen LogP contribution in [-0.2, 0) is 0 Å². The Morgan fingerprint density at radius 3 is 3.22 bits per heavy atom. The normalized spacial score (nSPS) is 24.1. The molecule has 1 atom stereocenters. The van der Waals surface area contributed by atoms with Crippen LogP contribution in [0.5, 0.6) is 0 Å². The molecule has 2 saturated heterocycles. The minimum atomic E-state index is 0.713. The highest BCUT2D eigenvalue weighted by atomic mass is 15.3. The van der Waals surface area contributed by atoms with Crippen LogP contribution in [-0.4, -0.2) is 53.6 Å². The summed E-state index contributed by atoms with van der Waals surface area (Å²) in [4.78, 5) is 13.9. The SMILES string of the molecule is CCNc1ccnc(N2CCN3CCCC3C2)n1. The summed E-state index contributed by atoms with van der Waals surface area (Å²) in [7, 11) is 0. The Bertz CT molecular complexity index is 408. The maximum Gasteiger partial charge on any atom is 0.227 e. The maximum absolute atomic E-state index is 4.59. The fourth-order valence-corrected chi connectivity index (χ4v) is 2.95. The van der Waals surface area contributed by atoms with Gasteiger partial charge in [-0.3, -0.25) is 4.90 Å². The molecule has 2 fully saturated rings. The number of hydrogen-bond donors (Lipinski definition) is 1. The van der Waals surface area contributed by atoms with E-state index in [0.29, 0.717) is 6.04 Å². The van der Waals surface area contributed by atoms with E-state index in [1.807, 2.05) is 12.3 Å². The number of nitrogens with one attached hydrogen (secondary N) is 1. The third-order valence-corrected chi connectivity index (χ3v) is 3.87. The molecule has 3 heterocycles. The highest BCUT2D eigenvalue weighted by molar-refractivity contribution is 5.41. The Balaban J connectivity index is 1.72. The van der Waals surface area contributed by atoms with Gasteiger partial charge in [0.05, 0.1) is 0 Å². The first kappa shape index (κ1) is 11.7. The van der Waals surface area contributed by atoms with Crippen LogP contribution in [0.25, 0.3) is 0 Å². The summed E-state index contributed by atoms with van der Waals surface area (Å²) < 4.78 is 0. The van der Waals surface area contributed by atoms with Crippen LogP contribution < -0.4 is 10.2 Å². The number of anilines is 2. The van der Waals surface area contributed by atoms with Gasteiger partial charge in [-0.1, -0.05) is 0 Å². The molecule has 0 saturated carbocycles. The highest BCUT2D eigenvalue weighted by Gasteiger charge is 2.31. The fourth-order valence-electron chi connectivity index (χ4n) is 2.95. The average molecular weight is 247 g/mol. The second kappa shape index (κ2) is 5.10. The lowest BCUT2D eigenvalue weighted by Gasteiger charge is -2.37. The summed E-state index contributed by atoms with van der Waals surface area (Å²) in [6, 6.07) is 2.64. The van der Waals surface area contributed by atoms with Crippen molar-refractivity contribution in [1.29, 1.82) is 0 Å². The molecule has 0 bridgehead atoms. The smallest absolute Gasteiger partial charge is 0.227 e. The molecule has 3 rings (SSSR count). The third kappa shape index (κ3) is 2.27. The molecule has 0 aliphatic carbocycles. The van der Waals surface area contributed by atoms with Gasteiger partial charge in [-0.05, 0) is 32.4 Å². The minimum absolute atomic E-state index is 0.713. The Morgan fingerprint density at radius 1 is 1.39 bits per heavy atom. The topological polar surface area (TPSA) is 44.3 Å². The average Bonchev–Trinajstić information content (AvgIpc) is 2.86. The van der Waals surface area contributed by atoms with E-state index in [9.17, 15) is 0 Å². The van der Waals surface area contributed by atoms with E-state index in [0.717, 1.165) is 37.9 Å². The van der Waals surface area contributed by atoms with Gasteiger partial charge < -0.3 is 10.2 Å². The molecule has 0 radical (unpaired) electrons. The Labute approximate surface area is 108 Å². The van der Waals surface area contributed by atoms with Crippen molar-refractivity contribution in [3.05, 3.63) is 12.3 Å². The molecule has 1 N–H and O–H groups in total. The molecule has 0 spiro atoms. The molecule has 98 valence electrons. The van der Waals surface area contributed by atoms with Crippen molar-refractivity contribution in [1.82, 2.24) is 14.9 Å². The largest absolute Gasteiger partial charge is 0.370 e. The Kier molecular flexibility index (Phi) is 3.32. The lowest BCUT2D eigenvalue weighted by molar-refractivity contribution is 0.229. The van der Waals surface area contributed by atoms with Gasteiger partial charge in [0.2, 0.25) is 5.95 Å². The molecule has 0 aromatic carbocycles. The third-order valence-electron chi connectivity index (χ3n) is 3.87. The zero-order valence-electron chi connectivity index (χ0n) is 11.0. The second-order valence-corrected chi connectivity index (χ2v) is 5.05. The van der Waals surface area contributed by atoms with Crippen molar-refractivity contribution in [2.24, 2.45) is 0 Å². The van der Waals surface area contributed by atoms with Crippen molar-refractivity contribution < 1.29 is 0 Å². The molecule has 5 nitrogen and oxygen atoms in total. The number of fused-ring (bicyclic) bond motifs is 1. The van der Waals surface area contributed by atoms with Crippen molar-refractivity contribution in [2.75, 3.05) is 42.9 Å². The molecule has 1 unspecified atom stereocenters. The molecular weight excluding hydrogens is 226 g/mol. The highest BCUT2D eigenvalue weighted by Crippen LogP contribution is 2.23. The van der Waals surface area contributed by atoms with Crippen molar-refractivity contribution in [3.63, 3.8) is 0 Å². The van der Waals surface area contributed by atoms with Crippen LogP contribution in [0.2, 0.25) is 0 Å². The van der Waals surface area contributed by atoms with Gasteiger partial charge in [0, 0.05) is 38.4 Å². The van der Waals surface area contributed by atoms with Gasteiger partial charge in [-0.15, -0.1) is 0 Å². The lowest BCUT2D eigenvalue weighted by atomic mass is 10.2. The molecule has 5 heteroatoms. The van der Waals surface area contributed by atoms with E-state index in [4.69, 9.17) is 0 Å². The number of rotatable bonds is 3. The van der Waals surface area contributed by atoms with Crippen molar-refractivity contribution in [2.45, 2.75) is 25.8 Å². The summed E-state index contributed by atoms with van der Waals surface area (Å²) in [5, 5.41) is 3.25. The van der Waals surface area contributed by atoms with Crippen molar-refractivity contribution >= 4 is 11.8 Å². The van der Waals surface area contributed by atoms with Gasteiger partial charge >= 0.3 is 0 Å². The molecular formula is C13H21N5. The standard InChI is InChI=1S/C13H21N5/c1-2-14-12-5-6-15-13(16-12)18-9-8-17-7-3-4-11(17)10-18/h5-6,11H,2-4,7-10H2,1H3,(H,14,15,16). The number of hydrogen-bond acceptors (Lipinski definition) is 5. The number of nitrogens with zero attached hydrogens (tertiary/aromatic N) is 4. The zero-order valence-corrected chi connectivity index (χ0v) is 11.0. The van der Waals surface area contributed by atoms with E-state index in [-0.39, 0.29) is 0 Å². The molecule has 0 amide bonds. The van der Waals surface area contributed by atoms with Crippen molar-refractivity contribution in [3.8, 4) is 0 Å². The van der Waals surface area contributed by atoms with E-state index < -0.39 is 0 Å². The predicted octanol–water partition coefficient (Wildman–Crippen LogP) is 1.19. The Hall–Kier alpha value is -1.36. The quantitative estimate of drug-likeness (QED) is 0.869. The number of aromatic nitrogens is 2. The van der Waals surface area contributed by atoms with E-state index in [1.54, 1.807) is 0 Å². The molecule has 2 aliphatic rings. The first-order valence-electron chi connectivity index (χ1n) is 6.92. The second-order valence-electron chi connectivity index (χ2n) is 5.05. The van der Waals surface area contributed by atoms with Crippen LogP contribution in [0, 0.1) is 0 Å². The first-order valence-corrected chi connectivity index (χ1v) is 6.92. The van der Waals surface area contributed by atoms with Crippen LogP contribution in [0.4, 0.5) is 11.8 Å². The van der Waals surface area contributed by atoms with Gasteiger partial charge in [0.25, 0.3) is 0 Å². The Morgan fingerprint density at radius 2 is 2.33 bits per heavy atom. The van der Waals surface area contributed by atoms with Gasteiger partial charge in [-0.25, -0.2) is 4.98 Å². The maximum atomic E-state index is 4.59. The fraction of sp³-hybridized carbons (Fsp3) is 0.692. The summed E-state index contributed by atoms with van der Waals surface area (Å²) in [5.74, 6) is 1.80. The molecule has 2 aliphatic heterocycles. The summed E-state index contributed by atoms with van der Waals surface area (Å²) >= 11 is 0. The van der Waals surface area contributed by atoms with Gasteiger partial charge in [0.1, 0.15) is 5.82 Å². The summed E-state index contributed by atoms with van der Waals surface area (Å²) in [6.45, 7) is 7.53.